The molecular weight excluding hydrogens is 255 g/mol. The third-order valence-electron chi connectivity index (χ3n) is 0. The van der Waals surface area contributed by atoms with Crippen molar-refractivity contribution in [2.24, 2.45) is 0 Å². The van der Waals surface area contributed by atoms with E-state index in [0.717, 1.165) is 0 Å². The topological polar surface area (TPSA) is 189 Å². The summed E-state index contributed by atoms with van der Waals surface area (Å²) in [5.74, 6) is 0. The number of hydrogen-bond donors (Lipinski definition) is 0. The van der Waals surface area contributed by atoms with Crippen LogP contribution in [0.25, 0.3) is 0 Å². The third-order valence-corrected chi connectivity index (χ3v) is 0. The molecule has 0 saturated heterocycles. The van der Waals surface area contributed by atoms with Crippen molar-refractivity contribution in [1.29, 1.82) is 0 Å². The minimum Gasteiger partial charge on any atom is -0.412 e. The second kappa shape index (κ2) is 236. The molecule has 0 fully saturated rings. The van der Waals surface area contributed by atoms with E-state index < -0.39 is 0 Å². The second-order valence-electron chi connectivity index (χ2n) is 0. The van der Waals surface area contributed by atoms with Crippen molar-refractivity contribution in [1.82, 2.24) is 0 Å². The Morgan fingerprint density at radius 1 is 0.286 bits per heavy atom. The van der Waals surface area contributed by atoms with E-state index in [1.54, 1.807) is 0 Å². The zero-order valence-electron chi connectivity index (χ0n) is 3.33. The van der Waals surface area contributed by atoms with Crippen LogP contribution in [-0.4, -0.2) is 32.9 Å². The molecule has 57 valence electrons. The zero-order chi connectivity index (χ0) is 0. The van der Waals surface area contributed by atoms with E-state index >= 15 is 0 Å². The molecule has 0 rings (SSSR count). The summed E-state index contributed by atoms with van der Waals surface area (Å²) in [6.45, 7) is 0. The van der Waals surface area contributed by atoms with Crippen LogP contribution in [-0.2, 0) is 0 Å². The summed E-state index contributed by atoms with van der Waals surface area (Å²) < 4.78 is 0. The quantitative estimate of drug-likeness (QED) is 0.406. The maximum Gasteiger partial charge on any atom is 0 e. The summed E-state index contributed by atoms with van der Waals surface area (Å²) in [5.41, 5.74) is 0. The normalized spacial score (nSPS) is 0. The van der Waals surface area contributed by atoms with Crippen molar-refractivity contribution in [3.63, 3.8) is 0 Å². The van der Waals surface area contributed by atoms with Gasteiger partial charge in [-0.25, -0.2) is 0 Å². The molecule has 0 spiro atoms. The van der Waals surface area contributed by atoms with Crippen molar-refractivity contribution in [2.45, 2.75) is 0 Å². The second-order valence-corrected chi connectivity index (χ2v) is 0. The zero-order valence-corrected chi connectivity index (χ0v) is 5.47. The molecule has 0 aliphatic carbocycles. The molecule has 0 aliphatic rings. The molecule has 7 heteroatoms. The van der Waals surface area contributed by atoms with E-state index in [0.29, 0.717) is 0 Å². The summed E-state index contributed by atoms with van der Waals surface area (Å²) in [6.07, 6.45) is 0. The Labute approximate surface area is 71.2 Å². The Hall–Kier alpha value is 1.05. The first-order valence-corrected chi connectivity index (χ1v) is 0. The fourth-order valence-electron chi connectivity index (χ4n) is 0. The van der Waals surface area contributed by atoms with E-state index in [1.807, 2.05) is 0 Å². The van der Waals surface area contributed by atoms with E-state index in [4.69, 9.17) is 0 Å². The van der Waals surface area contributed by atoms with Crippen molar-refractivity contribution >= 4 is 0 Å². The van der Waals surface area contributed by atoms with Gasteiger partial charge in [0.05, 0.1) is 0 Å². The molecule has 6 nitrogen and oxygen atoms in total. The van der Waals surface area contributed by atoms with Crippen molar-refractivity contribution in [3.05, 3.63) is 0 Å². The summed E-state index contributed by atoms with van der Waals surface area (Å²) in [6, 6.07) is 0. The van der Waals surface area contributed by atoms with Gasteiger partial charge in [0.15, 0.2) is 0 Å². The molecule has 0 bridgehead atoms. The first kappa shape index (κ1) is 365. The van der Waals surface area contributed by atoms with E-state index in [-0.39, 0.29) is 71.5 Å². The van der Waals surface area contributed by atoms with Gasteiger partial charge in [-0.2, -0.15) is 0 Å². The van der Waals surface area contributed by atoms with E-state index in [2.05, 4.69) is 0 Å². The summed E-state index contributed by atoms with van der Waals surface area (Å²) >= 11 is 0. The van der Waals surface area contributed by atoms with Crippen LogP contribution < -0.4 is 0 Å². The van der Waals surface area contributed by atoms with Gasteiger partial charge in [0, 0.05) is 38.6 Å². The Morgan fingerprint density at radius 3 is 0.286 bits per heavy atom. The van der Waals surface area contributed by atoms with Gasteiger partial charge in [0.1, 0.15) is 0 Å². The Kier molecular flexibility index (Phi) is 12300. The van der Waals surface area contributed by atoms with Gasteiger partial charge in [-0.3, -0.25) is 0 Å². The van der Waals surface area contributed by atoms with E-state index in [1.165, 1.54) is 0 Å². The maximum absolute atomic E-state index is 0. The molecule has 0 heterocycles. The minimum atomic E-state index is 0. The predicted octanol–water partition coefficient (Wildman–Crippen LogP) is -4.95. The molecule has 12 N–H and O–H groups in total. The SMILES string of the molecule is O.O.O.O.O.O.[Tb]. The number of hydrogen-bond acceptors (Lipinski definition) is 0. The fraction of sp³-hybridized carbons (Fsp3) is 0. The van der Waals surface area contributed by atoms with Crippen molar-refractivity contribution < 1.29 is 71.5 Å². The summed E-state index contributed by atoms with van der Waals surface area (Å²) in [5, 5.41) is 0. The van der Waals surface area contributed by atoms with E-state index in [9.17, 15) is 0 Å². The van der Waals surface area contributed by atoms with Gasteiger partial charge in [0.25, 0.3) is 0 Å². The maximum atomic E-state index is 0. The third kappa shape index (κ3) is 164. The van der Waals surface area contributed by atoms with Crippen LogP contribution in [0, 0.1) is 38.6 Å². The molecule has 0 saturated carbocycles. The van der Waals surface area contributed by atoms with Crippen LogP contribution in [0.15, 0.2) is 0 Å². The molecule has 0 amide bonds. The Balaban J connectivity index is 0. The first-order valence-electron chi connectivity index (χ1n) is 0. The molecular formula is H12O6Tb. The Bertz CT molecular complexity index is 4.14. The predicted molar refractivity (Wildman–Crippen MR) is 21.7 cm³/mol. The van der Waals surface area contributed by atoms with Gasteiger partial charge in [-0.15, -0.1) is 0 Å². The summed E-state index contributed by atoms with van der Waals surface area (Å²) in [4.78, 5) is 0. The van der Waals surface area contributed by atoms with Gasteiger partial charge < -0.3 is 32.9 Å². The summed E-state index contributed by atoms with van der Waals surface area (Å²) in [7, 11) is 0. The fourth-order valence-corrected chi connectivity index (χ4v) is 0. The molecule has 0 atom stereocenters. The van der Waals surface area contributed by atoms with Crippen LogP contribution in [0.4, 0.5) is 0 Å². The smallest absolute Gasteiger partial charge is 0 e. The average molecular weight is 267 g/mol. The standard InChI is InChI=1S/6H2O.Tb/h6*1H2;. The van der Waals surface area contributed by atoms with Crippen molar-refractivity contribution in [3.8, 4) is 0 Å². The van der Waals surface area contributed by atoms with Gasteiger partial charge >= 0.3 is 0 Å². The Morgan fingerprint density at radius 2 is 0.286 bits per heavy atom. The molecule has 0 aromatic carbocycles. The van der Waals surface area contributed by atoms with Crippen LogP contribution in [0.1, 0.15) is 0 Å². The van der Waals surface area contributed by atoms with Gasteiger partial charge in [-0.1, -0.05) is 0 Å². The van der Waals surface area contributed by atoms with Crippen LogP contribution in [0.2, 0.25) is 0 Å². The molecule has 0 aliphatic heterocycles. The molecule has 0 aromatic rings. The molecule has 0 aromatic heterocycles. The average Bonchev–Trinajstić information content (AvgIpc) is 0. The molecule has 1 radical (unpaired) electrons. The van der Waals surface area contributed by atoms with Crippen LogP contribution in [0.3, 0.4) is 0 Å². The van der Waals surface area contributed by atoms with Gasteiger partial charge in [-0.05, 0) is 0 Å². The van der Waals surface area contributed by atoms with Crippen LogP contribution in [0.5, 0.6) is 0 Å². The number of rotatable bonds is 0. The molecule has 0 unspecified atom stereocenters. The van der Waals surface area contributed by atoms with Crippen LogP contribution >= 0.6 is 0 Å². The van der Waals surface area contributed by atoms with Gasteiger partial charge in [0.2, 0.25) is 0 Å². The molecule has 7 heavy (non-hydrogen) atoms. The monoisotopic (exact) mass is 267 g/mol. The first-order chi connectivity index (χ1) is 0. The van der Waals surface area contributed by atoms with Crippen molar-refractivity contribution in [2.75, 3.05) is 0 Å². The largest absolute Gasteiger partial charge is 0.412 e. The minimum absolute atomic E-state index is 0.